The molecule has 2 nitrogen and oxygen atoms in total. The minimum Gasteiger partial charge on any atom is -0.308 e. The Morgan fingerprint density at radius 2 is 1.17 bits per heavy atom. The minimum atomic E-state index is -4.64. The Morgan fingerprint density at radius 3 is 1.62 bits per heavy atom. The molecular weight excluding hydrogens is 394 g/mol. The number of hydrogen-bond acceptors (Lipinski definition) is 1. The third-order valence-corrected chi connectivity index (χ3v) is 4.69. The fourth-order valence-electron chi connectivity index (χ4n) is 3.40. The summed E-state index contributed by atoms with van der Waals surface area (Å²) in [6, 6.07) is 14.2. The van der Waals surface area contributed by atoms with Crippen molar-refractivity contribution in [2.24, 2.45) is 0 Å². The number of hydrogen-bond donors (Lipinski definition) is 0. The fourth-order valence-corrected chi connectivity index (χ4v) is 3.40. The quantitative estimate of drug-likeness (QED) is 0.325. The van der Waals surface area contributed by atoms with E-state index in [9.17, 15) is 31.6 Å². The van der Waals surface area contributed by atoms with Gasteiger partial charge in [0, 0.05) is 10.8 Å². The zero-order chi connectivity index (χ0) is 21.0. The van der Waals surface area contributed by atoms with Crippen molar-refractivity contribution in [2.75, 3.05) is 0 Å². The zero-order valence-electron chi connectivity index (χ0n) is 14.4. The van der Waals surface area contributed by atoms with Crippen LogP contribution in [0, 0.1) is 11.3 Å². The van der Waals surface area contributed by atoms with Crippen molar-refractivity contribution in [1.29, 1.82) is 5.26 Å². The van der Waals surface area contributed by atoms with Crippen molar-refractivity contribution in [1.82, 2.24) is 4.57 Å². The van der Waals surface area contributed by atoms with E-state index in [0.29, 0.717) is 5.69 Å². The molecule has 146 valence electrons. The van der Waals surface area contributed by atoms with Crippen LogP contribution < -0.4 is 0 Å². The summed E-state index contributed by atoms with van der Waals surface area (Å²) in [6.45, 7) is 0. The number of nitrogens with zero attached hydrogens (tertiary/aromatic N) is 2. The summed E-state index contributed by atoms with van der Waals surface area (Å²) in [7, 11) is 0. The van der Waals surface area contributed by atoms with Gasteiger partial charge in [0.2, 0.25) is 0 Å². The Morgan fingerprint density at radius 1 is 0.690 bits per heavy atom. The third-order valence-electron chi connectivity index (χ3n) is 4.69. The molecule has 0 fully saturated rings. The van der Waals surface area contributed by atoms with E-state index in [-0.39, 0.29) is 27.4 Å². The molecule has 0 aliphatic carbocycles. The van der Waals surface area contributed by atoms with Gasteiger partial charge in [-0.1, -0.05) is 12.1 Å². The monoisotopic (exact) mass is 404 g/mol. The number of alkyl halides is 6. The maximum atomic E-state index is 13.2. The zero-order valence-corrected chi connectivity index (χ0v) is 14.4. The van der Waals surface area contributed by atoms with Crippen LogP contribution in [0.25, 0.3) is 27.5 Å². The molecule has 0 saturated heterocycles. The molecule has 0 N–H and O–H groups in total. The highest BCUT2D eigenvalue weighted by Gasteiger charge is 2.33. The summed E-state index contributed by atoms with van der Waals surface area (Å²) in [5, 5.41) is 9.45. The molecule has 0 bridgehead atoms. The lowest BCUT2D eigenvalue weighted by atomic mass is 10.1. The van der Waals surface area contributed by atoms with E-state index in [0.717, 1.165) is 24.3 Å². The Bertz CT molecular complexity index is 1220. The second kappa shape index (κ2) is 6.27. The van der Waals surface area contributed by atoms with Gasteiger partial charge < -0.3 is 4.57 Å². The lowest BCUT2D eigenvalue weighted by Gasteiger charge is -2.11. The average molecular weight is 404 g/mol. The predicted molar refractivity (Wildman–Crippen MR) is 95.5 cm³/mol. The molecule has 29 heavy (non-hydrogen) atoms. The molecule has 0 radical (unpaired) electrons. The van der Waals surface area contributed by atoms with E-state index in [2.05, 4.69) is 0 Å². The van der Waals surface area contributed by atoms with Crippen LogP contribution in [0.5, 0.6) is 0 Å². The number of halogens is 6. The molecule has 3 aromatic carbocycles. The van der Waals surface area contributed by atoms with Crippen LogP contribution >= 0.6 is 0 Å². The number of rotatable bonds is 1. The van der Waals surface area contributed by atoms with E-state index in [1.807, 2.05) is 6.07 Å². The first-order chi connectivity index (χ1) is 13.6. The Hall–Kier alpha value is -3.47. The van der Waals surface area contributed by atoms with Gasteiger partial charge in [-0.05, 0) is 48.5 Å². The van der Waals surface area contributed by atoms with Gasteiger partial charge >= 0.3 is 12.4 Å². The van der Waals surface area contributed by atoms with Crippen LogP contribution in [0.1, 0.15) is 16.7 Å². The molecule has 0 aliphatic heterocycles. The maximum absolute atomic E-state index is 13.2. The molecule has 0 aliphatic rings. The molecule has 1 aromatic heterocycles. The number of benzene rings is 3. The van der Waals surface area contributed by atoms with Crippen LogP contribution in [-0.2, 0) is 12.4 Å². The van der Waals surface area contributed by atoms with Crippen molar-refractivity contribution < 1.29 is 26.3 Å². The van der Waals surface area contributed by atoms with E-state index < -0.39 is 23.5 Å². The SMILES string of the molecule is N#Cc1ccccc1-n1c2ccc(C(F)(F)F)cc2c2cc(C(F)(F)F)ccc21. The van der Waals surface area contributed by atoms with Gasteiger partial charge in [-0.15, -0.1) is 0 Å². The molecule has 0 amide bonds. The molecular formula is C21H10F6N2. The fraction of sp³-hybridized carbons (Fsp3) is 0.0952. The average Bonchev–Trinajstić information content (AvgIpc) is 2.99. The van der Waals surface area contributed by atoms with E-state index in [1.165, 1.54) is 22.8 Å². The van der Waals surface area contributed by atoms with E-state index in [1.54, 1.807) is 18.2 Å². The second-order valence-corrected chi connectivity index (χ2v) is 6.42. The number of fused-ring (bicyclic) bond motifs is 3. The van der Waals surface area contributed by atoms with Crippen LogP contribution in [0.2, 0.25) is 0 Å². The lowest BCUT2D eigenvalue weighted by Crippen LogP contribution is -2.04. The normalized spacial score (nSPS) is 12.4. The topological polar surface area (TPSA) is 28.7 Å². The Balaban J connectivity index is 2.17. The van der Waals surface area contributed by atoms with Gasteiger partial charge in [0.05, 0.1) is 33.4 Å². The summed E-state index contributed by atoms with van der Waals surface area (Å²) in [4.78, 5) is 0. The van der Waals surface area contributed by atoms with Crippen LogP contribution in [0.4, 0.5) is 26.3 Å². The third kappa shape index (κ3) is 3.09. The standard InChI is InChI=1S/C21H10F6N2/c22-20(23,24)13-5-7-18-15(9-13)16-10-14(21(25,26)27)6-8-19(16)29(18)17-4-2-1-3-12(17)11-28/h1-10H. The van der Waals surface area contributed by atoms with E-state index >= 15 is 0 Å². The van der Waals surface area contributed by atoms with Crippen molar-refractivity contribution in [2.45, 2.75) is 12.4 Å². The number of para-hydroxylation sites is 1. The molecule has 0 spiro atoms. The smallest absolute Gasteiger partial charge is 0.308 e. The van der Waals surface area contributed by atoms with Crippen LogP contribution in [0.15, 0.2) is 60.7 Å². The van der Waals surface area contributed by atoms with Crippen molar-refractivity contribution in [3.8, 4) is 11.8 Å². The van der Waals surface area contributed by atoms with Gasteiger partial charge in [0.1, 0.15) is 6.07 Å². The van der Waals surface area contributed by atoms with Gasteiger partial charge in [-0.25, -0.2) is 0 Å². The summed E-state index contributed by atoms with van der Waals surface area (Å²) in [6.07, 6.45) is -9.29. The van der Waals surface area contributed by atoms with E-state index in [4.69, 9.17) is 0 Å². The number of nitriles is 1. The minimum absolute atomic E-state index is 0.0219. The molecule has 4 rings (SSSR count). The van der Waals surface area contributed by atoms with Crippen molar-refractivity contribution in [3.63, 3.8) is 0 Å². The van der Waals surface area contributed by atoms with Crippen LogP contribution in [-0.4, -0.2) is 4.57 Å². The van der Waals surface area contributed by atoms with Crippen molar-refractivity contribution in [3.05, 3.63) is 77.4 Å². The molecule has 4 aromatic rings. The van der Waals surface area contributed by atoms with Gasteiger partial charge in [-0.3, -0.25) is 0 Å². The molecule has 0 unspecified atom stereocenters. The largest absolute Gasteiger partial charge is 0.416 e. The van der Waals surface area contributed by atoms with Gasteiger partial charge in [0.25, 0.3) is 0 Å². The second-order valence-electron chi connectivity index (χ2n) is 6.42. The lowest BCUT2D eigenvalue weighted by molar-refractivity contribution is -0.138. The first-order valence-electron chi connectivity index (χ1n) is 8.33. The summed E-state index contributed by atoms with van der Waals surface area (Å²) in [5.41, 5.74) is -0.768. The highest BCUT2D eigenvalue weighted by atomic mass is 19.4. The molecule has 0 atom stereocenters. The molecule has 8 heteroatoms. The van der Waals surface area contributed by atoms with Crippen LogP contribution in [0.3, 0.4) is 0 Å². The molecule has 0 saturated carbocycles. The Kier molecular flexibility index (Phi) is 4.08. The number of aromatic nitrogens is 1. The van der Waals surface area contributed by atoms with Crippen molar-refractivity contribution >= 4 is 21.8 Å². The summed E-state index contributed by atoms with van der Waals surface area (Å²) in [5.74, 6) is 0. The summed E-state index contributed by atoms with van der Waals surface area (Å²) >= 11 is 0. The molecule has 1 heterocycles. The first kappa shape index (κ1) is 18.9. The van der Waals surface area contributed by atoms with Gasteiger partial charge in [-0.2, -0.15) is 31.6 Å². The van der Waals surface area contributed by atoms with Gasteiger partial charge in [0.15, 0.2) is 0 Å². The highest BCUT2D eigenvalue weighted by molar-refractivity contribution is 6.10. The Labute approximate surface area is 160 Å². The summed E-state index contributed by atoms with van der Waals surface area (Å²) < 4.78 is 80.7. The highest BCUT2D eigenvalue weighted by Crippen LogP contribution is 2.40. The predicted octanol–water partition coefficient (Wildman–Crippen LogP) is 6.69. The maximum Gasteiger partial charge on any atom is 0.416 e. The first-order valence-corrected chi connectivity index (χ1v) is 8.33.